The molecule has 0 heterocycles. The largest absolute Gasteiger partial charge is 0.293 e. The highest BCUT2D eigenvalue weighted by atomic mass is 14.7. The van der Waals surface area contributed by atoms with Gasteiger partial charge in [-0.2, -0.15) is 0 Å². The summed E-state index contributed by atoms with van der Waals surface area (Å²) in [7, 11) is 0. The molecule has 4 aromatic rings. The fourth-order valence-corrected chi connectivity index (χ4v) is 4.65. The van der Waals surface area contributed by atoms with Gasteiger partial charge in [0.1, 0.15) is 0 Å². The lowest BCUT2D eigenvalue weighted by atomic mass is 9.82. The summed E-state index contributed by atoms with van der Waals surface area (Å²) in [4.78, 5) is 4.82. The highest BCUT2D eigenvalue weighted by Crippen LogP contribution is 2.47. The topological polar surface area (TPSA) is 12.4 Å². The van der Waals surface area contributed by atoms with Gasteiger partial charge in [-0.25, -0.2) is 0 Å². The Kier molecular flexibility index (Phi) is 5.50. The van der Waals surface area contributed by atoms with Crippen molar-refractivity contribution in [1.29, 1.82) is 0 Å². The smallest absolute Gasteiger partial charge is 0.0389 e. The van der Waals surface area contributed by atoms with Crippen LogP contribution in [0, 0.1) is 0 Å². The molecule has 0 aliphatic heterocycles. The van der Waals surface area contributed by atoms with E-state index in [-0.39, 0.29) is 5.92 Å². The van der Waals surface area contributed by atoms with Crippen LogP contribution in [0.1, 0.15) is 53.5 Å². The number of hydrogen-bond acceptors (Lipinski definition) is 1. The van der Waals surface area contributed by atoms with Gasteiger partial charge in [-0.15, -0.1) is 0 Å². The molecule has 31 heavy (non-hydrogen) atoms. The van der Waals surface area contributed by atoms with Crippen LogP contribution in [-0.2, 0) is 0 Å². The number of unbranched alkanes of at least 4 members (excludes halogenated alkanes) is 1. The second-order valence-corrected chi connectivity index (χ2v) is 8.21. The van der Waals surface area contributed by atoms with Crippen molar-refractivity contribution in [2.75, 3.05) is 6.54 Å². The molecule has 152 valence electrons. The minimum atomic E-state index is 0.204. The lowest BCUT2D eigenvalue weighted by Gasteiger charge is -2.21. The Morgan fingerprint density at radius 2 is 1.55 bits per heavy atom. The molecular formula is C30H27N. The molecule has 1 unspecified atom stereocenters. The van der Waals surface area contributed by atoms with Crippen LogP contribution in [0.25, 0.3) is 22.4 Å². The summed E-state index contributed by atoms with van der Waals surface area (Å²) >= 11 is 0. The number of aliphatic imine (C=N–C) groups is 1. The zero-order valence-corrected chi connectivity index (χ0v) is 18.0. The van der Waals surface area contributed by atoms with Crippen LogP contribution in [0.2, 0.25) is 0 Å². The van der Waals surface area contributed by atoms with Crippen molar-refractivity contribution in [1.82, 2.24) is 0 Å². The van der Waals surface area contributed by atoms with Gasteiger partial charge in [-0.1, -0.05) is 104 Å². The van der Waals surface area contributed by atoms with Crippen LogP contribution in [0.3, 0.4) is 0 Å². The van der Waals surface area contributed by atoms with Crippen molar-refractivity contribution in [2.45, 2.75) is 25.7 Å². The van der Waals surface area contributed by atoms with Crippen molar-refractivity contribution in [2.24, 2.45) is 4.99 Å². The minimum Gasteiger partial charge on any atom is -0.293 e. The van der Waals surface area contributed by atoms with Gasteiger partial charge in [-0.05, 0) is 51.1 Å². The summed E-state index contributed by atoms with van der Waals surface area (Å²) in [6.07, 6.45) is 6.77. The van der Waals surface area contributed by atoms with E-state index in [1.807, 2.05) is 0 Å². The molecule has 0 N–H and O–H groups in total. The van der Waals surface area contributed by atoms with Gasteiger partial charge in [0.25, 0.3) is 0 Å². The first kappa shape index (κ1) is 19.5. The van der Waals surface area contributed by atoms with Gasteiger partial charge in [0, 0.05) is 24.2 Å². The van der Waals surface area contributed by atoms with Crippen molar-refractivity contribution in [3.05, 3.63) is 119 Å². The maximum atomic E-state index is 4.82. The molecule has 1 nitrogen and oxygen atoms in total. The molecule has 0 amide bonds. The van der Waals surface area contributed by atoms with E-state index in [4.69, 9.17) is 4.99 Å². The normalized spacial score (nSPS) is 15.4. The predicted molar refractivity (Wildman–Crippen MR) is 134 cm³/mol. The quantitative estimate of drug-likeness (QED) is 0.231. The van der Waals surface area contributed by atoms with Crippen molar-refractivity contribution < 1.29 is 0 Å². The second-order valence-electron chi connectivity index (χ2n) is 8.21. The van der Waals surface area contributed by atoms with Crippen molar-refractivity contribution >= 4 is 28.6 Å². The summed E-state index contributed by atoms with van der Waals surface area (Å²) in [5.41, 5.74) is 7.91. The predicted octanol–water partition coefficient (Wildman–Crippen LogP) is 7.74. The highest BCUT2D eigenvalue weighted by Gasteiger charge is 2.29. The van der Waals surface area contributed by atoms with Gasteiger partial charge in [0.05, 0.1) is 0 Å². The Labute approximate surface area is 184 Å². The zero-order chi connectivity index (χ0) is 21.0. The third-order valence-corrected chi connectivity index (χ3v) is 6.21. The molecule has 0 fully saturated rings. The standard InChI is InChI=1S/C30H27N/c1-2-3-19-31-21-29-25-15-9-7-13-23(25)17-18-27(29)30-26-16-10-8-14-24(26)20-28(30)22-11-5-4-6-12-22/h4-18,20-21,30H,2-3,19H2,1H3/b31-21+. The van der Waals surface area contributed by atoms with Gasteiger partial charge in [-0.3, -0.25) is 4.99 Å². The monoisotopic (exact) mass is 401 g/mol. The lowest BCUT2D eigenvalue weighted by molar-refractivity contribution is 0.810. The van der Waals surface area contributed by atoms with E-state index >= 15 is 0 Å². The van der Waals surface area contributed by atoms with E-state index in [9.17, 15) is 0 Å². The van der Waals surface area contributed by atoms with E-state index in [2.05, 4.69) is 110 Å². The number of fused-ring (bicyclic) bond motifs is 2. The average molecular weight is 402 g/mol. The summed E-state index contributed by atoms with van der Waals surface area (Å²) in [5, 5.41) is 2.54. The molecule has 4 aromatic carbocycles. The Morgan fingerprint density at radius 1 is 0.774 bits per heavy atom. The number of nitrogens with zero attached hydrogens (tertiary/aromatic N) is 1. The highest BCUT2D eigenvalue weighted by molar-refractivity contribution is 6.04. The number of allylic oxidation sites excluding steroid dienone is 1. The molecule has 0 saturated carbocycles. The Morgan fingerprint density at radius 3 is 2.42 bits per heavy atom. The maximum Gasteiger partial charge on any atom is 0.0389 e. The first-order valence-corrected chi connectivity index (χ1v) is 11.2. The molecule has 0 radical (unpaired) electrons. The Hall–Kier alpha value is -3.45. The van der Waals surface area contributed by atoms with Gasteiger partial charge >= 0.3 is 0 Å². The van der Waals surface area contributed by atoms with Crippen LogP contribution in [-0.4, -0.2) is 12.8 Å². The minimum absolute atomic E-state index is 0.204. The number of benzene rings is 4. The Bertz CT molecular complexity index is 1260. The molecule has 0 spiro atoms. The van der Waals surface area contributed by atoms with Crippen LogP contribution >= 0.6 is 0 Å². The van der Waals surface area contributed by atoms with Gasteiger partial charge in [0.15, 0.2) is 0 Å². The number of rotatable bonds is 6. The van der Waals surface area contributed by atoms with E-state index in [1.165, 1.54) is 44.2 Å². The molecule has 1 aliphatic rings. The summed E-state index contributed by atoms with van der Waals surface area (Å²) in [6.45, 7) is 3.09. The third-order valence-electron chi connectivity index (χ3n) is 6.21. The molecule has 0 aromatic heterocycles. The van der Waals surface area contributed by atoms with E-state index in [1.54, 1.807) is 0 Å². The van der Waals surface area contributed by atoms with Gasteiger partial charge < -0.3 is 0 Å². The van der Waals surface area contributed by atoms with Gasteiger partial charge in [0.2, 0.25) is 0 Å². The first-order valence-electron chi connectivity index (χ1n) is 11.2. The summed E-state index contributed by atoms with van der Waals surface area (Å²) in [5.74, 6) is 0.204. The molecule has 1 atom stereocenters. The zero-order valence-electron chi connectivity index (χ0n) is 18.0. The van der Waals surface area contributed by atoms with Crippen LogP contribution in [0.5, 0.6) is 0 Å². The van der Waals surface area contributed by atoms with Crippen molar-refractivity contribution in [3.63, 3.8) is 0 Å². The second kappa shape index (κ2) is 8.73. The maximum absolute atomic E-state index is 4.82. The van der Waals surface area contributed by atoms with E-state index in [0.29, 0.717) is 0 Å². The van der Waals surface area contributed by atoms with E-state index < -0.39 is 0 Å². The van der Waals surface area contributed by atoms with Crippen molar-refractivity contribution in [3.8, 4) is 0 Å². The molecule has 0 saturated heterocycles. The summed E-state index contributed by atoms with van der Waals surface area (Å²) in [6, 6.07) is 32.8. The molecule has 5 rings (SSSR count). The fraction of sp³-hybridized carbons (Fsp3) is 0.167. The van der Waals surface area contributed by atoms with Crippen LogP contribution in [0.15, 0.2) is 96.0 Å². The fourth-order valence-electron chi connectivity index (χ4n) is 4.65. The van der Waals surface area contributed by atoms with E-state index in [0.717, 1.165) is 19.4 Å². The SMILES string of the molecule is CCCC/N=C/c1c(C2C(c3ccccc3)=Cc3ccccc32)ccc2ccccc12. The summed E-state index contributed by atoms with van der Waals surface area (Å²) < 4.78 is 0. The molecule has 1 aliphatic carbocycles. The van der Waals surface area contributed by atoms with Crippen LogP contribution in [0.4, 0.5) is 0 Å². The average Bonchev–Trinajstić information content (AvgIpc) is 3.22. The third kappa shape index (κ3) is 3.72. The lowest BCUT2D eigenvalue weighted by Crippen LogP contribution is -2.06. The molecule has 0 bridgehead atoms. The first-order chi connectivity index (χ1) is 15.4. The molecule has 1 heteroatoms. The van der Waals surface area contributed by atoms with Crippen LogP contribution < -0.4 is 0 Å². The Balaban J connectivity index is 1.71. The molecular weight excluding hydrogens is 374 g/mol. The number of hydrogen-bond donors (Lipinski definition) is 0.